The Morgan fingerprint density at radius 2 is 2.00 bits per heavy atom. The summed E-state index contributed by atoms with van der Waals surface area (Å²) in [6.07, 6.45) is 0. The summed E-state index contributed by atoms with van der Waals surface area (Å²) in [5.41, 5.74) is 6.07. The molecule has 0 aliphatic carbocycles. The molecule has 0 aromatic heterocycles. The number of rotatable bonds is 7. The van der Waals surface area contributed by atoms with Crippen molar-refractivity contribution in [2.24, 2.45) is 11.7 Å². The van der Waals surface area contributed by atoms with E-state index in [2.05, 4.69) is 5.32 Å². The third-order valence-electron chi connectivity index (χ3n) is 2.75. The van der Waals surface area contributed by atoms with Crippen LogP contribution in [0, 0.1) is 5.92 Å². The molecule has 3 N–H and O–H groups in total. The smallest absolute Gasteiger partial charge is 0.223 e. The number of benzene rings is 1. The second-order valence-corrected chi connectivity index (χ2v) is 5.87. The van der Waals surface area contributed by atoms with Crippen LogP contribution >= 0.6 is 23.2 Å². The van der Waals surface area contributed by atoms with Crippen LogP contribution in [0.25, 0.3) is 0 Å². The fourth-order valence-electron chi connectivity index (χ4n) is 1.51. The number of nitrogens with one attached hydrogen (secondary N) is 1. The maximum absolute atomic E-state index is 11.0. The molecule has 0 saturated heterocycles. The number of primary amides is 1. The highest BCUT2D eigenvalue weighted by molar-refractivity contribution is 6.35. The summed E-state index contributed by atoms with van der Waals surface area (Å²) in [6.45, 7) is 6.56. The van der Waals surface area contributed by atoms with Gasteiger partial charge in [0.2, 0.25) is 5.91 Å². The van der Waals surface area contributed by atoms with Crippen LogP contribution in [0.4, 0.5) is 0 Å². The summed E-state index contributed by atoms with van der Waals surface area (Å²) in [5, 5.41) is 4.25. The van der Waals surface area contributed by atoms with Crippen LogP contribution in [0.15, 0.2) is 12.1 Å². The van der Waals surface area contributed by atoms with Crippen molar-refractivity contribution in [1.82, 2.24) is 5.32 Å². The molecule has 0 fully saturated rings. The van der Waals surface area contributed by atoms with E-state index >= 15 is 0 Å². The molecule has 1 aromatic carbocycles. The lowest BCUT2D eigenvalue weighted by Crippen LogP contribution is -2.26. The standard InChI is InChI=1S/C14H20Cl2N2O2/c1-8(2)18-6-10-4-11(15)5-12(16)13(10)20-7-9(3)14(17)19/h4-5,8-9,18H,6-7H2,1-3H3,(H2,17,19). The second-order valence-electron chi connectivity index (χ2n) is 5.03. The Morgan fingerprint density at radius 3 is 2.55 bits per heavy atom. The van der Waals surface area contributed by atoms with E-state index in [0.717, 1.165) is 5.56 Å². The first-order valence-corrected chi connectivity index (χ1v) is 7.20. The molecular weight excluding hydrogens is 299 g/mol. The molecule has 1 amide bonds. The van der Waals surface area contributed by atoms with Crippen LogP contribution in [0.5, 0.6) is 5.75 Å². The largest absolute Gasteiger partial charge is 0.491 e. The minimum atomic E-state index is -0.406. The minimum absolute atomic E-state index is 0.186. The Kier molecular flexibility index (Phi) is 6.59. The molecule has 20 heavy (non-hydrogen) atoms. The predicted molar refractivity (Wildman–Crippen MR) is 82.3 cm³/mol. The van der Waals surface area contributed by atoms with E-state index < -0.39 is 5.91 Å². The zero-order chi connectivity index (χ0) is 15.3. The Balaban J connectivity index is 2.88. The van der Waals surface area contributed by atoms with Crippen LogP contribution in [0.3, 0.4) is 0 Å². The summed E-state index contributed by atoms with van der Waals surface area (Å²) >= 11 is 12.2. The lowest BCUT2D eigenvalue weighted by Gasteiger charge is -2.17. The lowest BCUT2D eigenvalue weighted by atomic mass is 10.1. The summed E-state index contributed by atoms with van der Waals surface area (Å²) in [7, 11) is 0. The number of carbonyl (C=O) groups is 1. The van der Waals surface area contributed by atoms with Crippen LogP contribution in [0.1, 0.15) is 26.3 Å². The number of hydrogen-bond acceptors (Lipinski definition) is 3. The quantitative estimate of drug-likeness (QED) is 0.812. The fraction of sp³-hybridized carbons (Fsp3) is 0.500. The van der Waals surface area contributed by atoms with Gasteiger partial charge in [-0.1, -0.05) is 44.0 Å². The van der Waals surface area contributed by atoms with E-state index in [1.54, 1.807) is 19.1 Å². The number of carbonyl (C=O) groups excluding carboxylic acids is 1. The van der Waals surface area contributed by atoms with Gasteiger partial charge < -0.3 is 15.8 Å². The molecule has 4 nitrogen and oxygen atoms in total. The van der Waals surface area contributed by atoms with Gasteiger partial charge >= 0.3 is 0 Å². The molecule has 1 aromatic rings. The molecule has 0 saturated carbocycles. The third kappa shape index (κ3) is 5.19. The number of nitrogens with two attached hydrogens (primary N) is 1. The van der Waals surface area contributed by atoms with Gasteiger partial charge in [0.15, 0.2) is 0 Å². The van der Waals surface area contributed by atoms with Gasteiger partial charge in [0.1, 0.15) is 5.75 Å². The molecule has 0 bridgehead atoms. The number of amides is 1. The first-order valence-electron chi connectivity index (χ1n) is 6.44. The Morgan fingerprint density at radius 1 is 1.35 bits per heavy atom. The molecule has 6 heteroatoms. The van der Waals surface area contributed by atoms with Crippen molar-refractivity contribution in [3.05, 3.63) is 27.7 Å². The molecule has 112 valence electrons. The van der Waals surface area contributed by atoms with Gasteiger partial charge in [0.25, 0.3) is 0 Å². The minimum Gasteiger partial charge on any atom is -0.491 e. The lowest BCUT2D eigenvalue weighted by molar-refractivity contribution is -0.122. The molecule has 0 radical (unpaired) electrons. The van der Waals surface area contributed by atoms with E-state index in [4.69, 9.17) is 33.7 Å². The second kappa shape index (κ2) is 7.72. The first-order chi connectivity index (χ1) is 9.31. The Hall–Kier alpha value is -0.970. The van der Waals surface area contributed by atoms with Gasteiger partial charge in [-0.15, -0.1) is 0 Å². The average Bonchev–Trinajstić information content (AvgIpc) is 2.34. The fourth-order valence-corrected chi connectivity index (χ4v) is 2.10. The van der Waals surface area contributed by atoms with Crippen LogP contribution in [-0.2, 0) is 11.3 Å². The van der Waals surface area contributed by atoms with E-state index in [-0.39, 0.29) is 12.5 Å². The normalized spacial score (nSPS) is 12.5. The Labute approximate surface area is 129 Å². The van der Waals surface area contributed by atoms with Gasteiger partial charge in [0.05, 0.1) is 17.5 Å². The molecule has 0 spiro atoms. The number of halogens is 2. The predicted octanol–water partition coefficient (Wildman–Crippen LogP) is 2.99. The van der Waals surface area contributed by atoms with Gasteiger partial charge in [-0.05, 0) is 12.1 Å². The molecule has 0 aliphatic heterocycles. The van der Waals surface area contributed by atoms with E-state index in [0.29, 0.717) is 28.4 Å². The third-order valence-corrected chi connectivity index (χ3v) is 3.25. The molecule has 1 atom stereocenters. The SMILES string of the molecule is CC(C)NCc1cc(Cl)cc(Cl)c1OCC(C)C(N)=O. The summed E-state index contributed by atoms with van der Waals surface area (Å²) in [4.78, 5) is 11.0. The highest BCUT2D eigenvalue weighted by atomic mass is 35.5. The molecular formula is C14H20Cl2N2O2. The topological polar surface area (TPSA) is 64.3 Å². The number of ether oxygens (including phenoxy) is 1. The van der Waals surface area contributed by atoms with Crippen LogP contribution in [0.2, 0.25) is 10.0 Å². The van der Waals surface area contributed by atoms with Crippen molar-refractivity contribution in [3.63, 3.8) is 0 Å². The summed E-state index contributed by atoms with van der Waals surface area (Å²) in [6, 6.07) is 3.74. The highest BCUT2D eigenvalue weighted by Crippen LogP contribution is 2.32. The van der Waals surface area contributed by atoms with Crippen LogP contribution < -0.4 is 15.8 Å². The maximum Gasteiger partial charge on any atom is 0.223 e. The molecule has 1 unspecified atom stereocenters. The van der Waals surface area contributed by atoms with Gasteiger partial charge in [-0.3, -0.25) is 4.79 Å². The Bertz CT molecular complexity index is 478. The molecule has 0 heterocycles. The number of hydrogen-bond donors (Lipinski definition) is 2. The molecule has 0 aliphatic rings. The first kappa shape index (κ1) is 17.1. The van der Waals surface area contributed by atoms with Gasteiger partial charge in [-0.25, -0.2) is 0 Å². The van der Waals surface area contributed by atoms with Crippen LogP contribution in [-0.4, -0.2) is 18.6 Å². The van der Waals surface area contributed by atoms with E-state index in [1.165, 1.54) is 0 Å². The summed E-state index contributed by atoms with van der Waals surface area (Å²) in [5.74, 6) is -0.248. The average molecular weight is 319 g/mol. The van der Waals surface area contributed by atoms with E-state index in [9.17, 15) is 4.79 Å². The monoisotopic (exact) mass is 318 g/mol. The molecule has 1 rings (SSSR count). The van der Waals surface area contributed by atoms with Crippen molar-refractivity contribution >= 4 is 29.1 Å². The van der Waals surface area contributed by atoms with Gasteiger partial charge in [0, 0.05) is 23.2 Å². The maximum atomic E-state index is 11.0. The van der Waals surface area contributed by atoms with Crippen molar-refractivity contribution in [2.45, 2.75) is 33.4 Å². The zero-order valence-corrected chi connectivity index (χ0v) is 13.4. The van der Waals surface area contributed by atoms with Gasteiger partial charge in [-0.2, -0.15) is 0 Å². The highest BCUT2D eigenvalue weighted by Gasteiger charge is 2.15. The van der Waals surface area contributed by atoms with Crippen molar-refractivity contribution in [3.8, 4) is 5.75 Å². The summed E-state index contributed by atoms with van der Waals surface area (Å²) < 4.78 is 5.65. The zero-order valence-electron chi connectivity index (χ0n) is 11.9. The van der Waals surface area contributed by atoms with Crippen molar-refractivity contribution < 1.29 is 9.53 Å². The van der Waals surface area contributed by atoms with E-state index in [1.807, 2.05) is 13.8 Å². The van der Waals surface area contributed by atoms with Crippen molar-refractivity contribution in [1.29, 1.82) is 0 Å². The van der Waals surface area contributed by atoms with Crippen molar-refractivity contribution in [2.75, 3.05) is 6.61 Å².